The number of aromatic nitrogens is 4. The minimum Gasteiger partial charge on any atom is -0.396 e. The number of aliphatic hydroxyl groups excluding tert-OH is 1. The van der Waals surface area contributed by atoms with E-state index >= 15 is 0 Å². The molecule has 3 heterocycles. The van der Waals surface area contributed by atoms with Gasteiger partial charge in [0.2, 0.25) is 11.5 Å². The molecule has 0 saturated heterocycles. The summed E-state index contributed by atoms with van der Waals surface area (Å²) in [4.78, 5) is 35.4. The molecule has 3 aromatic heterocycles. The summed E-state index contributed by atoms with van der Waals surface area (Å²) in [6.07, 6.45) is 5.57. The van der Waals surface area contributed by atoms with Crippen molar-refractivity contribution in [1.82, 2.24) is 19.5 Å². The first-order valence-electron chi connectivity index (χ1n) is 10.5. The van der Waals surface area contributed by atoms with Crippen LogP contribution in [0.5, 0.6) is 0 Å². The lowest BCUT2D eigenvalue weighted by Crippen LogP contribution is -2.25. The second-order valence-corrected chi connectivity index (χ2v) is 7.96. The van der Waals surface area contributed by atoms with Gasteiger partial charge >= 0.3 is 0 Å². The fourth-order valence-corrected chi connectivity index (χ4v) is 3.69. The molecule has 4 rings (SSSR count). The topological polar surface area (TPSA) is 113 Å². The van der Waals surface area contributed by atoms with Gasteiger partial charge in [0.05, 0.1) is 22.4 Å². The Morgan fingerprint density at radius 3 is 2.71 bits per heavy atom. The lowest BCUT2D eigenvalue weighted by Gasteiger charge is -2.21. The first-order chi connectivity index (χ1) is 16.4. The van der Waals surface area contributed by atoms with Gasteiger partial charge in [-0.15, -0.1) is 0 Å². The third kappa shape index (κ3) is 5.38. The van der Waals surface area contributed by atoms with Gasteiger partial charge in [-0.25, -0.2) is 14.4 Å². The number of hydrogen-bond donors (Lipinski definition) is 3. The normalized spacial score (nSPS) is 11.9. The Morgan fingerprint density at radius 2 is 2.00 bits per heavy atom. The lowest BCUT2D eigenvalue weighted by atomic mass is 10.0. The zero-order valence-corrected chi connectivity index (χ0v) is 18.7. The van der Waals surface area contributed by atoms with Crippen LogP contribution in [0.2, 0.25) is 5.02 Å². The Morgan fingerprint density at radius 1 is 1.15 bits per heavy atom. The van der Waals surface area contributed by atoms with E-state index in [9.17, 15) is 19.1 Å². The van der Waals surface area contributed by atoms with Crippen LogP contribution in [0.4, 0.5) is 16.0 Å². The number of anilines is 2. The van der Waals surface area contributed by atoms with Crippen molar-refractivity contribution >= 4 is 23.2 Å². The molecule has 0 amide bonds. The van der Waals surface area contributed by atoms with E-state index in [-0.39, 0.29) is 22.7 Å². The van der Waals surface area contributed by atoms with E-state index in [4.69, 9.17) is 11.6 Å². The molecule has 3 N–H and O–H groups in total. The van der Waals surface area contributed by atoms with E-state index in [0.717, 1.165) is 0 Å². The van der Waals surface area contributed by atoms with Crippen LogP contribution in [0.15, 0.2) is 76.7 Å². The van der Waals surface area contributed by atoms with Gasteiger partial charge in [-0.3, -0.25) is 9.59 Å². The number of H-pyrrole nitrogens is 1. The molecule has 4 aromatic rings. The zero-order valence-electron chi connectivity index (χ0n) is 17.9. The third-order valence-electron chi connectivity index (χ3n) is 5.24. The number of hydrogen-bond acceptors (Lipinski definition) is 6. The minimum absolute atomic E-state index is 0.00221. The van der Waals surface area contributed by atoms with Crippen molar-refractivity contribution in [3.8, 4) is 11.3 Å². The van der Waals surface area contributed by atoms with Gasteiger partial charge in [-0.05, 0) is 48.7 Å². The number of rotatable bonds is 8. The molecular formula is C24H21ClFN5O3. The first kappa shape index (κ1) is 23.3. The van der Waals surface area contributed by atoms with Crippen LogP contribution >= 0.6 is 11.6 Å². The van der Waals surface area contributed by atoms with Gasteiger partial charge in [-0.1, -0.05) is 17.7 Å². The predicted molar refractivity (Wildman–Crippen MR) is 128 cm³/mol. The number of benzene rings is 1. The molecule has 0 unspecified atom stereocenters. The average Bonchev–Trinajstić information content (AvgIpc) is 2.84. The first-order valence-corrected chi connectivity index (χ1v) is 10.9. The van der Waals surface area contributed by atoms with Gasteiger partial charge in [0.15, 0.2) is 0 Å². The number of nitrogens with one attached hydrogen (secondary N) is 2. The number of aliphatic hydroxyl groups is 1. The summed E-state index contributed by atoms with van der Waals surface area (Å²) in [7, 11) is 0. The summed E-state index contributed by atoms with van der Waals surface area (Å²) < 4.78 is 15.6. The maximum Gasteiger partial charge on any atom is 0.251 e. The summed E-state index contributed by atoms with van der Waals surface area (Å²) in [5.41, 5.74) is 1.77. The van der Waals surface area contributed by atoms with Crippen molar-refractivity contribution < 1.29 is 9.50 Å². The maximum atomic E-state index is 14.1. The fraction of sp³-hybridized carbons (Fsp3) is 0.167. The van der Waals surface area contributed by atoms with Gasteiger partial charge < -0.3 is 20.0 Å². The Bertz CT molecular complexity index is 1400. The Hall–Kier alpha value is -3.82. The summed E-state index contributed by atoms with van der Waals surface area (Å²) in [6, 6.07) is 11.8. The van der Waals surface area contributed by atoms with Crippen LogP contribution < -0.4 is 16.4 Å². The molecular weight excluding hydrogens is 461 g/mol. The smallest absolute Gasteiger partial charge is 0.251 e. The second kappa shape index (κ2) is 10.4. The largest absolute Gasteiger partial charge is 0.396 e. The molecule has 0 fully saturated rings. The molecule has 0 radical (unpaired) electrons. The van der Waals surface area contributed by atoms with Gasteiger partial charge in [0.25, 0.3) is 5.56 Å². The fourth-order valence-electron chi connectivity index (χ4n) is 3.57. The van der Waals surface area contributed by atoms with Crippen molar-refractivity contribution in [2.24, 2.45) is 0 Å². The molecule has 0 bridgehead atoms. The molecule has 8 nitrogen and oxygen atoms in total. The van der Waals surface area contributed by atoms with Crippen LogP contribution in [0.1, 0.15) is 24.4 Å². The molecule has 1 atom stereocenters. The van der Waals surface area contributed by atoms with Crippen LogP contribution in [0.25, 0.3) is 11.3 Å². The number of halogens is 2. The Kier molecular flexibility index (Phi) is 7.15. The van der Waals surface area contributed by atoms with Crippen molar-refractivity contribution in [1.29, 1.82) is 0 Å². The highest BCUT2D eigenvalue weighted by atomic mass is 35.5. The molecule has 0 aliphatic carbocycles. The predicted octanol–water partition coefficient (Wildman–Crippen LogP) is 3.89. The van der Waals surface area contributed by atoms with E-state index in [1.165, 1.54) is 35.0 Å². The zero-order chi connectivity index (χ0) is 24.1. The van der Waals surface area contributed by atoms with Crippen molar-refractivity contribution in [2.75, 3.05) is 11.9 Å². The van der Waals surface area contributed by atoms with Gasteiger partial charge in [-0.2, -0.15) is 0 Å². The van der Waals surface area contributed by atoms with Crippen molar-refractivity contribution in [3.05, 3.63) is 104 Å². The summed E-state index contributed by atoms with van der Waals surface area (Å²) in [6.45, 7) is -0.0502. The average molecular weight is 482 g/mol. The standard InChI is InChI=1S/C24H21ClFN5O3/c25-18-5-3-16(12-19(18)26)21(2-1-11-32)31-10-8-15(13-23(31)34)20-7-9-27-24(30-20)29-17-4-6-22(33)28-14-17/h3-10,12-14,21,32H,1-2,11H2,(H,28,33)(H,27,29,30)/t21-/m1/s1. The van der Waals surface area contributed by atoms with E-state index in [2.05, 4.69) is 20.3 Å². The molecule has 0 spiro atoms. The van der Waals surface area contributed by atoms with Gasteiger partial charge in [0.1, 0.15) is 5.82 Å². The number of nitrogens with zero attached hydrogens (tertiary/aromatic N) is 3. The summed E-state index contributed by atoms with van der Waals surface area (Å²) in [5, 5.41) is 12.3. The highest BCUT2D eigenvalue weighted by molar-refractivity contribution is 6.30. The second-order valence-electron chi connectivity index (χ2n) is 7.55. The molecule has 0 saturated carbocycles. The molecule has 34 heavy (non-hydrogen) atoms. The summed E-state index contributed by atoms with van der Waals surface area (Å²) in [5.74, 6) is -0.271. The number of pyridine rings is 2. The highest BCUT2D eigenvalue weighted by Crippen LogP contribution is 2.27. The van der Waals surface area contributed by atoms with Crippen LogP contribution in [0.3, 0.4) is 0 Å². The monoisotopic (exact) mass is 481 g/mol. The van der Waals surface area contributed by atoms with Crippen LogP contribution in [-0.2, 0) is 0 Å². The Labute approximate surface area is 198 Å². The minimum atomic E-state index is -0.568. The molecule has 0 aliphatic heterocycles. The van der Waals surface area contributed by atoms with E-state index in [1.807, 2.05) is 0 Å². The number of aromatic amines is 1. The molecule has 1 aromatic carbocycles. The van der Waals surface area contributed by atoms with E-state index in [0.29, 0.717) is 41.3 Å². The molecule has 174 valence electrons. The summed E-state index contributed by atoms with van der Waals surface area (Å²) >= 11 is 5.81. The van der Waals surface area contributed by atoms with Crippen molar-refractivity contribution in [2.45, 2.75) is 18.9 Å². The quantitative estimate of drug-likeness (QED) is 0.352. The van der Waals surface area contributed by atoms with Crippen LogP contribution in [-0.4, -0.2) is 31.2 Å². The maximum absolute atomic E-state index is 14.1. The Balaban J connectivity index is 1.64. The van der Waals surface area contributed by atoms with Gasteiger partial charge in [0, 0.05) is 42.9 Å². The van der Waals surface area contributed by atoms with E-state index < -0.39 is 11.9 Å². The molecule has 10 heteroatoms. The van der Waals surface area contributed by atoms with Crippen molar-refractivity contribution in [3.63, 3.8) is 0 Å². The molecule has 0 aliphatic rings. The SMILES string of the molecule is O=c1ccc(Nc2nccc(-c3ccn([C@H](CCCO)c4ccc(Cl)c(F)c4)c(=O)c3)n2)c[nH]1. The van der Waals surface area contributed by atoms with E-state index in [1.54, 1.807) is 36.7 Å². The third-order valence-corrected chi connectivity index (χ3v) is 5.55. The highest BCUT2D eigenvalue weighted by Gasteiger charge is 2.17. The lowest BCUT2D eigenvalue weighted by molar-refractivity contribution is 0.275. The van der Waals surface area contributed by atoms with Crippen LogP contribution in [0, 0.1) is 5.82 Å².